The van der Waals surface area contributed by atoms with Crippen molar-refractivity contribution in [3.8, 4) is 45.6 Å². The summed E-state index contributed by atoms with van der Waals surface area (Å²) >= 11 is 0. The zero-order valence-corrected chi connectivity index (χ0v) is 25.7. The van der Waals surface area contributed by atoms with Crippen LogP contribution >= 0.6 is 0 Å². The maximum absolute atomic E-state index is 5.02. The van der Waals surface area contributed by atoms with Crippen molar-refractivity contribution < 1.29 is 0 Å². The van der Waals surface area contributed by atoms with Crippen LogP contribution in [0.5, 0.6) is 0 Å². The molecule has 0 fully saturated rings. The molecule has 9 heteroatoms. The Balaban J connectivity index is 0.00000256. The topological polar surface area (TPSA) is 109 Å². The van der Waals surface area contributed by atoms with E-state index in [-0.39, 0.29) is 23.9 Å². The first-order chi connectivity index (χ1) is 19.8. The molecular formula is C32H20N8Sn. The number of hydrogen-bond donors (Lipinski definition) is 2. The summed E-state index contributed by atoms with van der Waals surface area (Å²) in [6.45, 7) is 0. The summed E-state index contributed by atoms with van der Waals surface area (Å²) in [4.78, 5) is 36.8. The van der Waals surface area contributed by atoms with Gasteiger partial charge in [-0.25, -0.2) is 29.9 Å². The largest absolute Gasteiger partial charge is 0.324 e. The van der Waals surface area contributed by atoms with Crippen LogP contribution in [0.1, 0.15) is 0 Å². The Morgan fingerprint density at radius 3 is 0.829 bits per heavy atom. The summed E-state index contributed by atoms with van der Waals surface area (Å²) in [6.07, 6.45) is 0. The minimum absolute atomic E-state index is 0. The molecule has 0 aliphatic carbocycles. The van der Waals surface area contributed by atoms with E-state index in [2.05, 4.69) is 9.97 Å². The first kappa shape index (κ1) is 23.9. The molecule has 7 aromatic rings. The van der Waals surface area contributed by atoms with Gasteiger partial charge in [0, 0.05) is 43.8 Å². The van der Waals surface area contributed by atoms with Gasteiger partial charge in [0.05, 0.1) is 0 Å². The fraction of sp³-hybridized carbons (Fsp3) is 0. The third-order valence-electron chi connectivity index (χ3n) is 7.46. The van der Waals surface area contributed by atoms with E-state index < -0.39 is 0 Å². The van der Waals surface area contributed by atoms with Crippen LogP contribution in [0.2, 0.25) is 0 Å². The molecule has 41 heavy (non-hydrogen) atoms. The summed E-state index contributed by atoms with van der Waals surface area (Å²) in [5, 5.41) is 3.82. The van der Waals surface area contributed by atoms with Crippen molar-refractivity contribution in [2.45, 2.75) is 0 Å². The summed E-state index contributed by atoms with van der Waals surface area (Å²) < 4.78 is 0. The van der Waals surface area contributed by atoms with E-state index in [1.165, 1.54) is 0 Å². The number of nitrogens with zero attached hydrogens (tertiary/aromatic N) is 6. The Bertz CT molecular complexity index is 2030. The molecule has 0 spiro atoms. The van der Waals surface area contributed by atoms with Crippen LogP contribution < -0.4 is 0 Å². The SMILES string of the molecule is [SnH2].c1ccc2c(c1)-c1nc-2nc2[nH]c(nc3nc(nc4[nH]c(n1)c1ccccc41)-c1ccccc1-3)c1ccccc21. The van der Waals surface area contributed by atoms with E-state index in [4.69, 9.17) is 29.9 Å². The number of aromatic nitrogens is 8. The third kappa shape index (κ3) is 3.60. The molecule has 4 aromatic carbocycles. The molecule has 0 atom stereocenters. The maximum atomic E-state index is 5.02. The summed E-state index contributed by atoms with van der Waals surface area (Å²) in [5.74, 6) is 2.39. The van der Waals surface area contributed by atoms with Gasteiger partial charge in [0.2, 0.25) is 0 Å². The number of aromatic amines is 2. The minimum atomic E-state index is 0. The quantitative estimate of drug-likeness (QED) is 0.200. The number of rotatable bonds is 0. The molecule has 9 rings (SSSR count). The van der Waals surface area contributed by atoms with Gasteiger partial charge in [0.1, 0.15) is 22.6 Å². The predicted molar refractivity (Wildman–Crippen MR) is 165 cm³/mol. The molecule has 0 saturated heterocycles. The van der Waals surface area contributed by atoms with Crippen LogP contribution in [0, 0.1) is 0 Å². The van der Waals surface area contributed by atoms with Gasteiger partial charge in [0.25, 0.3) is 0 Å². The molecule has 0 saturated carbocycles. The summed E-state index contributed by atoms with van der Waals surface area (Å²) in [5.41, 5.74) is 6.45. The van der Waals surface area contributed by atoms with Crippen molar-refractivity contribution in [1.29, 1.82) is 0 Å². The van der Waals surface area contributed by atoms with Gasteiger partial charge in [-0.3, -0.25) is 0 Å². The van der Waals surface area contributed by atoms with Crippen molar-refractivity contribution in [2.24, 2.45) is 0 Å². The zero-order valence-electron chi connectivity index (χ0n) is 21.6. The molecule has 0 amide bonds. The van der Waals surface area contributed by atoms with Crippen LogP contribution in [0.4, 0.5) is 0 Å². The van der Waals surface area contributed by atoms with E-state index in [0.717, 1.165) is 43.8 Å². The average Bonchev–Trinajstić information content (AvgIpc) is 3.73. The standard InChI is InChI=1S/C32H18N8.Sn.2H/c1-2-10-18-17(9-1)25-33-26(18)38-28-21-13-5-6-14-22(21)30(35-28)40-32-24-16-8-7-15-23(24)31(36-32)39-29-20-12-4-3-11-19(20)27(34-29)37-25;;;/h1-16H,(H2,33,34,35,36,37,38,39,40);;;. The Kier molecular flexibility index (Phi) is 5.26. The maximum Gasteiger partial charge on any atom is 0.164 e. The molecular weight excluding hydrogens is 615 g/mol. The van der Waals surface area contributed by atoms with E-state index in [0.29, 0.717) is 45.9 Å². The molecule has 2 radical (unpaired) electrons. The van der Waals surface area contributed by atoms with Crippen molar-refractivity contribution in [3.05, 3.63) is 97.1 Å². The molecule has 8 nitrogen and oxygen atoms in total. The zero-order chi connectivity index (χ0) is 26.2. The molecule has 0 unspecified atom stereocenters. The second-order valence-electron chi connectivity index (χ2n) is 9.79. The molecule has 2 N–H and O–H groups in total. The van der Waals surface area contributed by atoms with Crippen LogP contribution in [0.15, 0.2) is 97.1 Å². The van der Waals surface area contributed by atoms with Gasteiger partial charge in [0.15, 0.2) is 23.3 Å². The fourth-order valence-corrected chi connectivity index (χ4v) is 5.59. The van der Waals surface area contributed by atoms with Crippen LogP contribution in [0.25, 0.3) is 89.7 Å². The number of nitrogens with one attached hydrogen (secondary N) is 2. The van der Waals surface area contributed by atoms with E-state index in [1.807, 2.05) is 97.1 Å². The number of fused-ring (bicyclic) bond motifs is 20. The summed E-state index contributed by atoms with van der Waals surface area (Å²) in [7, 11) is 0. The van der Waals surface area contributed by atoms with Crippen molar-refractivity contribution in [3.63, 3.8) is 0 Å². The van der Waals surface area contributed by atoms with Gasteiger partial charge in [-0.05, 0) is 0 Å². The smallest absolute Gasteiger partial charge is 0.164 e. The third-order valence-corrected chi connectivity index (χ3v) is 7.46. The minimum Gasteiger partial charge on any atom is -0.324 e. The Morgan fingerprint density at radius 2 is 0.561 bits per heavy atom. The molecule has 2 aliphatic rings. The molecule has 3 aromatic heterocycles. The second-order valence-corrected chi connectivity index (χ2v) is 9.79. The molecule has 192 valence electrons. The van der Waals surface area contributed by atoms with Crippen molar-refractivity contribution in [1.82, 2.24) is 39.9 Å². The normalized spacial score (nSPS) is 11.7. The fourth-order valence-electron chi connectivity index (χ4n) is 5.59. The van der Waals surface area contributed by atoms with Gasteiger partial charge in [-0.15, -0.1) is 0 Å². The van der Waals surface area contributed by atoms with Crippen molar-refractivity contribution >= 4 is 68.0 Å². The van der Waals surface area contributed by atoms with Gasteiger partial charge in [-0.2, -0.15) is 0 Å². The number of benzene rings is 4. The Labute approximate surface area is 249 Å². The summed E-state index contributed by atoms with van der Waals surface area (Å²) in [6, 6.07) is 32.2. The van der Waals surface area contributed by atoms with Crippen LogP contribution in [-0.4, -0.2) is 63.8 Å². The first-order valence-electron chi connectivity index (χ1n) is 13.0. The van der Waals surface area contributed by atoms with Crippen LogP contribution in [-0.2, 0) is 0 Å². The second kappa shape index (κ2) is 9.03. The van der Waals surface area contributed by atoms with Gasteiger partial charge in [-0.1, -0.05) is 97.1 Å². The monoisotopic (exact) mass is 636 g/mol. The van der Waals surface area contributed by atoms with Gasteiger partial charge < -0.3 is 9.97 Å². The molecule has 8 bridgehead atoms. The van der Waals surface area contributed by atoms with E-state index in [1.54, 1.807) is 0 Å². The van der Waals surface area contributed by atoms with E-state index in [9.17, 15) is 0 Å². The number of H-pyrrole nitrogens is 2. The average molecular weight is 635 g/mol. The van der Waals surface area contributed by atoms with Gasteiger partial charge >= 0.3 is 23.9 Å². The van der Waals surface area contributed by atoms with E-state index >= 15 is 0 Å². The molecule has 5 heterocycles. The predicted octanol–water partition coefficient (Wildman–Crippen LogP) is 5.95. The van der Waals surface area contributed by atoms with Crippen LogP contribution in [0.3, 0.4) is 0 Å². The first-order valence-corrected chi connectivity index (χ1v) is 13.0. The number of hydrogen-bond acceptors (Lipinski definition) is 6. The molecule has 2 aliphatic heterocycles. The Hall–Kier alpha value is -4.96. The van der Waals surface area contributed by atoms with Crippen molar-refractivity contribution in [2.75, 3.05) is 0 Å². The Morgan fingerprint density at radius 1 is 0.317 bits per heavy atom.